The number of pyridine rings is 1. The number of hydrogen-bond donors (Lipinski definition) is 2. The molecule has 0 aliphatic carbocycles. The van der Waals surface area contributed by atoms with Crippen molar-refractivity contribution in [2.45, 2.75) is 26.4 Å². The summed E-state index contributed by atoms with van der Waals surface area (Å²) in [6.07, 6.45) is 1.82. The first-order valence-corrected chi connectivity index (χ1v) is 6.12. The number of rotatable bonds is 4. The largest absolute Gasteiger partial charge is 0.363 e. The number of guanidine groups is 1. The molecular formula is C13H23N5. The first-order valence-electron chi connectivity index (χ1n) is 6.12. The van der Waals surface area contributed by atoms with Crippen LogP contribution in [-0.2, 0) is 6.54 Å². The van der Waals surface area contributed by atoms with E-state index in [2.05, 4.69) is 40.5 Å². The van der Waals surface area contributed by atoms with Gasteiger partial charge in [-0.1, -0.05) is 0 Å². The molecule has 2 N–H and O–H groups in total. The normalized spacial score (nSPS) is 11.6. The van der Waals surface area contributed by atoms with E-state index in [9.17, 15) is 0 Å². The Hall–Kier alpha value is -1.78. The van der Waals surface area contributed by atoms with Gasteiger partial charge in [-0.2, -0.15) is 0 Å². The van der Waals surface area contributed by atoms with Crippen molar-refractivity contribution < 1.29 is 0 Å². The molecule has 0 fully saturated rings. The molecule has 5 nitrogen and oxygen atoms in total. The van der Waals surface area contributed by atoms with Crippen molar-refractivity contribution in [3.63, 3.8) is 0 Å². The van der Waals surface area contributed by atoms with Gasteiger partial charge in [-0.25, -0.2) is 4.98 Å². The van der Waals surface area contributed by atoms with Crippen molar-refractivity contribution in [1.82, 2.24) is 15.6 Å². The predicted octanol–water partition coefficient (Wildman–Crippen LogP) is 1.22. The Labute approximate surface area is 109 Å². The van der Waals surface area contributed by atoms with E-state index in [0.29, 0.717) is 6.04 Å². The van der Waals surface area contributed by atoms with Gasteiger partial charge in [0.25, 0.3) is 0 Å². The summed E-state index contributed by atoms with van der Waals surface area (Å²) < 4.78 is 0. The van der Waals surface area contributed by atoms with Crippen LogP contribution in [0.2, 0.25) is 0 Å². The van der Waals surface area contributed by atoms with E-state index in [1.165, 1.54) is 5.56 Å². The van der Waals surface area contributed by atoms with Gasteiger partial charge in [0.2, 0.25) is 0 Å². The third-order valence-electron chi connectivity index (χ3n) is 2.38. The summed E-state index contributed by atoms with van der Waals surface area (Å²) in [6.45, 7) is 4.91. The second-order valence-corrected chi connectivity index (χ2v) is 4.64. The zero-order chi connectivity index (χ0) is 13.5. The average molecular weight is 249 g/mol. The highest BCUT2D eigenvalue weighted by atomic mass is 15.2. The molecule has 0 amide bonds. The lowest BCUT2D eigenvalue weighted by molar-refractivity contribution is 0.699. The van der Waals surface area contributed by atoms with Crippen molar-refractivity contribution in [3.05, 3.63) is 23.9 Å². The predicted molar refractivity (Wildman–Crippen MR) is 77.0 cm³/mol. The van der Waals surface area contributed by atoms with Crippen LogP contribution >= 0.6 is 0 Å². The highest BCUT2D eigenvalue weighted by molar-refractivity contribution is 5.79. The molecule has 0 spiro atoms. The summed E-state index contributed by atoms with van der Waals surface area (Å²) >= 11 is 0. The summed E-state index contributed by atoms with van der Waals surface area (Å²) in [7, 11) is 5.74. The van der Waals surface area contributed by atoms with Crippen LogP contribution in [0.5, 0.6) is 0 Å². The summed E-state index contributed by atoms with van der Waals surface area (Å²) in [6, 6.07) is 4.43. The van der Waals surface area contributed by atoms with Gasteiger partial charge in [0.15, 0.2) is 5.96 Å². The van der Waals surface area contributed by atoms with Crippen molar-refractivity contribution in [2.75, 3.05) is 26.0 Å². The van der Waals surface area contributed by atoms with Crippen LogP contribution < -0.4 is 15.5 Å². The summed E-state index contributed by atoms with van der Waals surface area (Å²) in [5.41, 5.74) is 1.18. The third kappa shape index (κ3) is 4.61. The molecule has 0 saturated heterocycles. The van der Waals surface area contributed by atoms with Gasteiger partial charge >= 0.3 is 0 Å². The van der Waals surface area contributed by atoms with Gasteiger partial charge in [-0.3, -0.25) is 4.99 Å². The fourth-order valence-electron chi connectivity index (χ4n) is 1.47. The summed E-state index contributed by atoms with van der Waals surface area (Å²) in [4.78, 5) is 10.4. The molecule has 0 atom stereocenters. The van der Waals surface area contributed by atoms with E-state index in [1.807, 2.05) is 31.3 Å². The summed E-state index contributed by atoms with van der Waals surface area (Å²) in [5.74, 6) is 1.77. The van der Waals surface area contributed by atoms with Crippen molar-refractivity contribution in [2.24, 2.45) is 4.99 Å². The lowest BCUT2D eigenvalue weighted by atomic mass is 10.2. The smallest absolute Gasteiger partial charge is 0.191 e. The maximum Gasteiger partial charge on any atom is 0.191 e. The van der Waals surface area contributed by atoms with Gasteiger partial charge in [-0.15, -0.1) is 0 Å². The van der Waals surface area contributed by atoms with Gasteiger partial charge in [0, 0.05) is 39.9 Å². The fraction of sp³-hybridized carbons (Fsp3) is 0.538. The molecule has 0 unspecified atom stereocenters. The number of hydrogen-bond acceptors (Lipinski definition) is 3. The molecule has 0 radical (unpaired) electrons. The minimum Gasteiger partial charge on any atom is -0.363 e. The highest BCUT2D eigenvalue weighted by Gasteiger charge is 2.02. The Morgan fingerprint density at radius 3 is 2.72 bits per heavy atom. The number of nitrogens with zero attached hydrogens (tertiary/aromatic N) is 3. The van der Waals surface area contributed by atoms with Crippen LogP contribution in [0, 0.1) is 0 Å². The first-order chi connectivity index (χ1) is 8.52. The Morgan fingerprint density at radius 2 is 2.17 bits per heavy atom. The van der Waals surface area contributed by atoms with Crippen LogP contribution in [0.4, 0.5) is 5.82 Å². The van der Waals surface area contributed by atoms with Crippen molar-refractivity contribution in [3.8, 4) is 0 Å². The molecule has 1 aromatic heterocycles. The van der Waals surface area contributed by atoms with E-state index >= 15 is 0 Å². The molecule has 1 rings (SSSR count). The molecule has 18 heavy (non-hydrogen) atoms. The minimum atomic E-state index is 0.367. The number of aliphatic imine (C=N–C) groups is 1. The van der Waals surface area contributed by atoms with Crippen LogP contribution in [0.15, 0.2) is 23.3 Å². The van der Waals surface area contributed by atoms with E-state index in [1.54, 1.807) is 7.05 Å². The standard InChI is InChI=1S/C13H23N5/c1-10(2)17-13(14-3)16-9-11-6-7-15-12(8-11)18(4)5/h6-8,10H,9H2,1-5H3,(H2,14,16,17). The molecule has 0 aliphatic heterocycles. The van der Waals surface area contributed by atoms with Crippen LogP contribution in [0.25, 0.3) is 0 Å². The number of aromatic nitrogens is 1. The molecule has 0 aliphatic rings. The molecule has 1 heterocycles. The zero-order valence-electron chi connectivity index (χ0n) is 11.9. The fourth-order valence-corrected chi connectivity index (χ4v) is 1.47. The Balaban J connectivity index is 2.60. The molecule has 1 aromatic rings. The maximum atomic E-state index is 4.29. The zero-order valence-corrected chi connectivity index (χ0v) is 11.9. The highest BCUT2D eigenvalue weighted by Crippen LogP contribution is 2.08. The average Bonchev–Trinajstić information content (AvgIpc) is 2.34. The summed E-state index contributed by atoms with van der Waals surface area (Å²) in [5, 5.41) is 6.53. The van der Waals surface area contributed by atoms with Crippen LogP contribution in [0.1, 0.15) is 19.4 Å². The van der Waals surface area contributed by atoms with Gasteiger partial charge in [-0.05, 0) is 31.5 Å². The monoisotopic (exact) mass is 249 g/mol. The molecule has 5 heteroatoms. The van der Waals surface area contributed by atoms with E-state index in [4.69, 9.17) is 0 Å². The van der Waals surface area contributed by atoms with Crippen molar-refractivity contribution >= 4 is 11.8 Å². The van der Waals surface area contributed by atoms with Gasteiger partial charge in [0.05, 0.1) is 0 Å². The quantitative estimate of drug-likeness (QED) is 0.622. The SMILES string of the molecule is CN=C(NCc1ccnc(N(C)C)c1)NC(C)C. The number of nitrogens with one attached hydrogen (secondary N) is 2. The Morgan fingerprint density at radius 1 is 1.44 bits per heavy atom. The Bertz CT molecular complexity index is 398. The van der Waals surface area contributed by atoms with Crippen LogP contribution in [0.3, 0.4) is 0 Å². The molecule has 0 saturated carbocycles. The minimum absolute atomic E-state index is 0.367. The van der Waals surface area contributed by atoms with Gasteiger partial charge < -0.3 is 15.5 Å². The molecule has 0 bridgehead atoms. The molecule has 0 aromatic carbocycles. The van der Waals surface area contributed by atoms with E-state index in [0.717, 1.165) is 18.3 Å². The maximum absolute atomic E-state index is 4.29. The second-order valence-electron chi connectivity index (χ2n) is 4.64. The van der Waals surface area contributed by atoms with E-state index < -0.39 is 0 Å². The topological polar surface area (TPSA) is 52.6 Å². The molecular weight excluding hydrogens is 226 g/mol. The second kappa shape index (κ2) is 6.83. The van der Waals surface area contributed by atoms with Crippen molar-refractivity contribution in [1.29, 1.82) is 0 Å². The first kappa shape index (κ1) is 14.3. The van der Waals surface area contributed by atoms with Crippen LogP contribution in [-0.4, -0.2) is 38.1 Å². The molecule has 100 valence electrons. The lowest BCUT2D eigenvalue weighted by Crippen LogP contribution is -2.40. The Kier molecular flexibility index (Phi) is 5.42. The lowest BCUT2D eigenvalue weighted by Gasteiger charge is -2.15. The van der Waals surface area contributed by atoms with E-state index in [-0.39, 0.29) is 0 Å². The van der Waals surface area contributed by atoms with Gasteiger partial charge in [0.1, 0.15) is 5.82 Å². The third-order valence-corrected chi connectivity index (χ3v) is 2.38. The number of anilines is 1.